The molecule has 0 unspecified atom stereocenters. The highest BCUT2D eigenvalue weighted by molar-refractivity contribution is 7.92. The van der Waals surface area contributed by atoms with Crippen molar-refractivity contribution in [2.45, 2.75) is 22.5 Å². The van der Waals surface area contributed by atoms with E-state index in [9.17, 15) is 26.4 Å². The van der Waals surface area contributed by atoms with Gasteiger partial charge in [-0.1, -0.05) is 115 Å². The molecule has 0 amide bonds. The Kier molecular flexibility index (Phi) is 12.8. The van der Waals surface area contributed by atoms with Gasteiger partial charge >= 0.3 is 11.9 Å². The Bertz CT molecular complexity index is 3390. The Morgan fingerprint density at radius 3 is 1.67 bits per heavy atom. The van der Waals surface area contributed by atoms with Crippen LogP contribution in [0.3, 0.4) is 0 Å². The molecule has 0 bridgehead atoms. The fraction of sp³-hybridized carbons (Fsp3) is 0.0385. The molecule has 63 heavy (non-hydrogen) atoms. The molecule has 0 aliphatic rings. The fourth-order valence-corrected chi connectivity index (χ4v) is 9.41. The van der Waals surface area contributed by atoms with Crippen LogP contribution in [-0.4, -0.2) is 39.0 Å². The number of nitrogens with one attached hydrogen (secondary N) is 1. The minimum Gasteiger partial charge on any atom is -0.478 e. The predicted molar refractivity (Wildman–Crippen MR) is 246 cm³/mol. The highest BCUT2D eigenvalue weighted by Gasteiger charge is 2.20. The molecule has 0 aromatic heterocycles. The molecule has 0 heterocycles. The zero-order valence-electron chi connectivity index (χ0n) is 33.6. The number of hydrogen-bond donors (Lipinski definition) is 3. The number of anilines is 1. The van der Waals surface area contributed by atoms with Gasteiger partial charge in [0, 0.05) is 22.3 Å². The van der Waals surface area contributed by atoms with Gasteiger partial charge < -0.3 is 10.2 Å². The number of sulfonamides is 1. The van der Waals surface area contributed by atoms with Gasteiger partial charge in [-0.05, 0) is 125 Å². The SMILES string of the molecule is Cc1c(S(=O)(=O)Nc2ccccc2C#Cc2ccc(C(=O)O)cc2)ccc2ccccc12.O=C(O)c1ccc(C#Cc2ccccc2CS(=O)(=O)c2ccc3ccccc3c2)cc1. The van der Waals surface area contributed by atoms with E-state index in [4.69, 9.17) is 10.2 Å². The van der Waals surface area contributed by atoms with Crippen LogP contribution in [0, 0.1) is 30.6 Å². The number of benzene rings is 8. The standard InChI is InChI=1S/C26H19NO4S.C26H18O4S/c1-18-23-8-4-2-6-20(23)16-17-25(18)32(30,31)27-24-9-5-3-7-21(24)13-10-19-11-14-22(15-12-19)26(28)29;27-26(28)22-13-10-19(11-14-22)9-12-21-6-2-4-8-24(21)18-31(29,30)25-16-15-20-5-1-3-7-23(20)17-25/h2-9,11-12,14-17,27H,1H3,(H,28,29);1-8,10-11,13-17H,18H2,(H,27,28). The molecule has 8 aromatic rings. The molecule has 0 saturated heterocycles. The summed E-state index contributed by atoms with van der Waals surface area (Å²) in [5, 5.41) is 21.7. The minimum absolute atomic E-state index is 0.159. The highest BCUT2D eigenvalue weighted by Crippen LogP contribution is 2.28. The molecular weight excluding hydrogens is 831 g/mol. The maximum atomic E-state index is 13.2. The van der Waals surface area contributed by atoms with Gasteiger partial charge in [0.25, 0.3) is 10.0 Å². The lowest BCUT2D eigenvalue weighted by atomic mass is 10.1. The monoisotopic (exact) mass is 867 g/mol. The number of sulfone groups is 1. The first-order chi connectivity index (χ1) is 30.3. The summed E-state index contributed by atoms with van der Waals surface area (Å²) in [7, 11) is -7.40. The van der Waals surface area contributed by atoms with Crippen LogP contribution in [0.25, 0.3) is 21.5 Å². The molecule has 0 saturated carbocycles. The van der Waals surface area contributed by atoms with Crippen molar-refractivity contribution in [1.82, 2.24) is 0 Å². The van der Waals surface area contributed by atoms with Gasteiger partial charge in [-0.3, -0.25) is 4.72 Å². The van der Waals surface area contributed by atoms with Gasteiger partial charge in [-0.25, -0.2) is 26.4 Å². The summed E-state index contributed by atoms with van der Waals surface area (Å²) in [5.74, 6) is 9.76. The van der Waals surface area contributed by atoms with Crippen LogP contribution in [0.1, 0.15) is 54.1 Å². The van der Waals surface area contributed by atoms with Gasteiger partial charge in [0.1, 0.15) is 0 Å². The maximum absolute atomic E-state index is 13.2. The van der Waals surface area contributed by atoms with Crippen molar-refractivity contribution in [1.29, 1.82) is 0 Å². The molecule has 0 aliphatic heterocycles. The number of aryl methyl sites for hydroxylation is 1. The summed E-state index contributed by atoms with van der Waals surface area (Å²) in [6.45, 7) is 1.80. The largest absolute Gasteiger partial charge is 0.478 e. The zero-order chi connectivity index (χ0) is 44.6. The first-order valence-electron chi connectivity index (χ1n) is 19.4. The maximum Gasteiger partial charge on any atom is 0.335 e. The Morgan fingerprint density at radius 1 is 0.524 bits per heavy atom. The van der Waals surface area contributed by atoms with Crippen molar-refractivity contribution >= 4 is 59.0 Å². The summed E-state index contributed by atoms with van der Waals surface area (Å²) >= 11 is 0. The smallest absolute Gasteiger partial charge is 0.335 e. The van der Waals surface area contributed by atoms with Crippen molar-refractivity contribution < 1.29 is 36.6 Å². The van der Waals surface area contributed by atoms with Crippen LogP contribution in [0.5, 0.6) is 0 Å². The third-order valence-electron chi connectivity index (χ3n) is 10.00. The van der Waals surface area contributed by atoms with Crippen molar-refractivity contribution in [2.75, 3.05) is 4.72 Å². The number of carboxylic acids is 2. The van der Waals surface area contributed by atoms with Crippen LogP contribution >= 0.6 is 0 Å². The molecule has 0 aliphatic carbocycles. The van der Waals surface area contributed by atoms with Crippen LogP contribution in [-0.2, 0) is 25.6 Å². The molecule has 11 heteroatoms. The van der Waals surface area contributed by atoms with E-state index >= 15 is 0 Å². The average molecular weight is 868 g/mol. The van der Waals surface area contributed by atoms with Crippen molar-refractivity contribution in [3.63, 3.8) is 0 Å². The van der Waals surface area contributed by atoms with E-state index in [1.807, 2.05) is 60.7 Å². The van der Waals surface area contributed by atoms with E-state index in [0.717, 1.165) is 21.5 Å². The number of hydrogen-bond acceptors (Lipinski definition) is 6. The lowest BCUT2D eigenvalue weighted by Crippen LogP contribution is -2.15. The van der Waals surface area contributed by atoms with E-state index < -0.39 is 31.8 Å². The third kappa shape index (κ3) is 10.5. The molecule has 8 rings (SSSR count). The molecular formula is C52H37NO8S2. The number of para-hydroxylation sites is 1. The first kappa shape index (κ1) is 43.1. The van der Waals surface area contributed by atoms with Crippen molar-refractivity contribution in [3.05, 3.63) is 220 Å². The Hall–Kier alpha value is -7.96. The summed E-state index contributed by atoms with van der Waals surface area (Å²) in [6.07, 6.45) is 0. The molecule has 0 radical (unpaired) electrons. The fourth-order valence-electron chi connectivity index (χ4n) is 6.67. The zero-order valence-corrected chi connectivity index (χ0v) is 35.2. The van der Waals surface area contributed by atoms with E-state index in [1.54, 1.807) is 97.9 Å². The van der Waals surface area contributed by atoms with Crippen LogP contribution in [0.15, 0.2) is 186 Å². The van der Waals surface area contributed by atoms with E-state index in [1.165, 1.54) is 24.3 Å². The summed E-state index contributed by atoms with van der Waals surface area (Å²) in [4.78, 5) is 22.4. The number of aromatic carboxylic acids is 2. The molecule has 0 atom stereocenters. The second kappa shape index (κ2) is 18.8. The molecule has 9 nitrogen and oxygen atoms in total. The first-order valence-corrected chi connectivity index (χ1v) is 22.5. The normalized spacial score (nSPS) is 10.9. The lowest BCUT2D eigenvalue weighted by molar-refractivity contribution is 0.0686. The topological polar surface area (TPSA) is 155 Å². The van der Waals surface area contributed by atoms with E-state index in [0.29, 0.717) is 39.1 Å². The highest BCUT2D eigenvalue weighted by atomic mass is 32.2. The van der Waals surface area contributed by atoms with E-state index in [-0.39, 0.29) is 26.7 Å². The van der Waals surface area contributed by atoms with Gasteiger partial charge in [0.15, 0.2) is 9.84 Å². The quantitative estimate of drug-likeness (QED) is 0.128. The Balaban J connectivity index is 0.000000189. The van der Waals surface area contributed by atoms with Crippen LogP contribution in [0.4, 0.5) is 5.69 Å². The number of carbonyl (C=O) groups is 2. The third-order valence-corrected chi connectivity index (χ3v) is 13.2. The van der Waals surface area contributed by atoms with E-state index in [2.05, 4.69) is 28.4 Å². The summed E-state index contributed by atoms with van der Waals surface area (Å²) in [6, 6.07) is 50.3. The molecule has 0 spiro atoms. The summed E-state index contributed by atoms with van der Waals surface area (Å²) in [5.41, 5.74) is 4.43. The molecule has 310 valence electrons. The molecule has 3 N–H and O–H groups in total. The van der Waals surface area contributed by atoms with Crippen LogP contribution in [0.2, 0.25) is 0 Å². The number of rotatable bonds is 8. The number of fused-ring (bicyclic) bond motifs is 2. The average Bonchev–Trinajstić information content (AvgIpc) is 3.28. The Morgan fingerprint density at radius 2 is 1.03 bits per heavy atom. The van der Waals surface area contributed by atoms with Crippen LogP contribution < -0.4 is 4.72 Å². The second-order valence-electron chi connectivity index (χ2n) is 14.3. The van der Waals surface area contributed by atoms with Gasteiger partial charge in [0.2, 0.25) is 0 Å². The van der Waals surface area contributed by atoms with Gasteiger partial charge in [-0.15, -0.1) is 0 Å². The van der Waals surface area contributed by atoms with Crippen molar-refractivity contribution in [2.24, 2.45) is 0 Å². The molecule has 8 aromatic carbocycles. The van der Waals surface area contributed by atoms with Gasteiger partial charge in [-0.2, -0.15) is 0 Å². The predicted octanol–water partition coefficient (Wildman–Crippen LogP) is 9.96. The van der Waals surface area contributed by atoms with Crippen molar-refractivity contribution in [3.8, 4) is 23.7 Å². The van der Waals surface area contributed by atoms with Gasteiger partial charge in [0.05, 0.1) is 32.4 Å². The summed E-state index contributed by atoms with van der Waals surface area (Å²) < 4.78 is 55.2. The molecule has 0 fully saturated rings. The lowest BCUT2D eigenvalue weighted by Gasteiger charge is -2.13. The second-order valence-corrected chi connectivity index (χ2v) is 17.9. The number of carboxylic acid groups (broad SMARTS) is 2. The Labute approximate surface area is 365 Å². The minimum atomic E-state index is -3.84.